The predicted molar refractivity (Wildman–Crippen MR) is 84.1 cm³/mol. The summed E-state index contributed by atoms with van der Waals surface area (Å²) in [4.78, 5) is 28.0. The summed E-state index contributed by atoms with van der Waals surface area (Å²) < 4.78 is 0. The lowest BCUT2D eigenvalue weighted by molar-refractivity contribution is -0.129. The Kier molecular flexibility index (Phi) is 4.32. The molecule has 0 spiro atoms. The van der Waals surface area contributed by atoms with Crippen molar-refractivity contribution in [3.05, 3.63) is 35.9 Å². The number of nitrogens with one attached hydrogen (secondary N) is 1. The highest BCUT2D eigenvalue weighted by Gasteiger charge is 2.37. The Morgan fingerprint density at radius 3 is 2.64 bits per heavy atom. The van der Waals surface area contributed by atoms with Crippen LogP contribution >= 0.6 is 0 Å². The summed E-state index contributed by atoms with van der Waals surface area (Å²) in [7, 11) is 0. The topological polar surface area (TPSA) is 52.7 Å². The number of carbonyl (C=O) groups is 2. The van der Waals surface area contributed by atoms with Crippen LogP contribution in [0.15, 0.2) is 30.3 Å². The SMILES string of the molecule is CC(=O)N1C[C@H]2CC[C@@H](C1)N(C(=O)NCc1ccccc1)C2. The van der Waals surface area contributed by atoms with Gasteiger partial charge in [0.2, 0.25) is 5.91 Å². The summed E-state index contributed by atoms with van der Waals surface area (Å²) in [6.45, 7) is 4.38. The van der Waals surface area contributed by atoms with Crippen molar-refractivity contribution >= 4 is 11.9 Å². The number of amides is 3. The molecule has 3 amide bonds. The first-order chi connectivity index (χ1) is 10.6. The molecule has 5 heteroatoms. The lowest BCUT2D eigenvalue weighted by Gasteiger charge is -2.36. The fourth-order valence-electron chi connectivity index (χ4n) is 3.46. The van der Waals surface area contributed by atoms with Gasteiger partial charge in [0.05, 0.1) is 6.04 Å². The van der Waals surface area contributed by atoms with Gasteiger partial charge in [-0.1, -0.05) is 30.3 Å². The second-order valence-corrected chi connectivity index (χ2v) is 6.32. The van der Waals surface area contributed by atoms with E-state index in [4.69, 9.17) is 0 Å². The largest absolute Gasteiger partial charge is 0.341 e. The molecule has 0 radical (unpaired) electrons. The maximum Gasteiger partial charge on any atom is 0.317 e. The van der Waals surface area contributed by atoms with Gasteiger partial charge in [0.15, 0.2) is 0 Å². The molecular formula is C17H23N3O2. The molecule has 0 saturated carbocycles. The Bertz CT molecular complexity index is 546. The molecule has 3 saturated heterocycles. The second kappa shape index (κ2) is 6.38. The van der Waals surface area contributed by atoms with Gasteiger partial charge in [-0.15, -0.1) is 0 Å². The average Bonchev–Trinajstić information content (AvgIpc) is 2.85. The lowest BCUT2D eigenvalue weighted by atomic mass is 9.95. The van der Waals surface area contributed by atoms with E-state index >= 15 is 0 Å². The number of carbonyl (C=O) groups excluding carboxylic acids is 2. The Balaban J connectivity index is 1.62. The van der Waals surface area contributed by atoms with Crippen LogP contribution in [0.2, 0.25) is 0 Å². The maximum atomic E-state index is 12.5. The Hall–Kier alpha value is -2.04. The first kappa shape index (κ1) is 14.9. The van der Waals surface area contributed by atoms with Gasteiger partial charge in [0.25, 0.3) is 0 Å². The molecule has 2 bridgehead atoms. The minimum absolute atomic E-state index is 0.0102. The number of piperidine rings is 1. The van der Waals surface area contributed by atoms with Crippen LogP contribution < -0.4 is 5.32 Å². The van der Waals surface area contributed by atoms with Crippen molar-refractivity contribution in [1.82, 2.24) is 15.1 Å². The average molecular weight is 301 g/mol. The van der Waals surface area contributed by atoms with Gasteiger partial charge in [0, 0.05) is 33.1 Å². The molecule has 0 unspecified atom stereocenters. The lowest BCUT2D eigenvalue weighted by Crippen LogP contribution is -2.51. The van der Waals surface area contributed by atoms with Gasteiger partial charge in [-0.05, 0) is 24.3 Å². The van der Waals surface area contributed by atoms with Gasteiger partial charge < -0.3 is 15.1 Å². The smallest absolute Gasteiger partial charge is 0.317 e. The van der Waals surface area contributed by atoms with Crippen LogP contribution in [0.5, 0.6) is 0 Å². The molecule has 3 heterocycles. The molecule has 22 heavy (non-hydrogen) atoms. The van der Waals surface area contributed by atoms with Crippen LogP contribution in [0.4, 0.5) is 4.79 Å². The first-order valence-electron chi connectivity index (χ1n) is 7.97. The zero-order valence-corrected chi connectivity index (χ0v) is 13.0. The van der Waals surface area contributed by atoms with E-state index in [1.54, 1.807) is 6.92 Å². The summed E-state index contributed by atoms with van der Waals surface area (Å²) in [5.41, 5.74) is 1.10. The Labute approximate surface area is 131 Å². The van der Waals surface area contributed by atoms with Gasteiger partial charge in [-0.25, -0.2) is 4.79 Å². The van der Waals surface area contributed by atoms with E-state index in [1.165, 1.54) is 0 Å². The van der Waals surface area contributed by atoms with Crippen molar-refractivity contribution in [2.24, 2.45) is 5.92 Å². The third-order valence-electron chi connectivity index (χ3n) is 4.71. The maximum absolute atomic E-state index is 12.5. The standard InChI is InChI=1S/C17H23N3O2/c1-13(21)19-10-15-7-8-16(12-19)20(11-15)17(22)18-9-14-5-3-2-4-6-14/h2-6,15-16H,7-12H2,1H3,(H,18,22)/t15-,16+/m1/s1. The molecule has 4 rings (SSSR count). The first-order valence-corrected chi connectivity index (χ1v) is 7.97. The van der Waals surface area contributed by atoms with Crippen molar-refractivity contribution < 1.29 is 9.59 Å². The molecule has 5 nitrogen and oxygen atoms in total. The van der Waals surface area contributed by atoms with E-state index in [0.717, 1.165) is 31.5 Å². The monoisotopic (exact) mass is 301 g/mol. The van der Waals surface area contributed by atoms with E-state index in [9.17, 15) is 9.59 Å². The quantitative estimate of drug-likeness (QED) is 0.906. The van der Waals surface area contributed by atoms with Crippen molar-refractivity contribution in [2.45, 2.75) is 32.4 Å². The molecule has 1 aromatic rings. The minimum Gasteiger partial charge on any atom is -0.341 e. The predicted octanol–water partition coefficient (Wildman–Crippen LogP) is 1.84. The second-order valence-electron chi connectivity index (χ2n) is 6.32. The number of nitrogens with zero attached hydrogens (tertiary/aromatic N) is 2. The summed E-state index contributed by atoms with van der Waals surface area (Å²) in [5, 5.41) is 3.01. The molecule has 1 N–H and O–H groups in total. The van der Waals surface area contributed by atoms with Crippen LogP contribution in [-0.2, 0) is 11.3 Å². The molecule has 118 valence electrons. The number of fused-ring (bicyclic) bond motifs is 4. The summed E-state index contributed by atoms with van der Waals surface area (Å²) >= 11 is 0. The zero-order chi connectivity index (χ0) is 15.5. The van der Waals surface area contributed by atoms with Crippen LogP contribution in [0.1, 0.15) is 25.3 Å². The third-order valence-corrected chi connectivity index (χ3v) is 4.71. The molecule has 3 fully saturated rings. The minimum atomic E-state index is -0.0102. The number of rotatable bonds is 2. The molecule has 1 aromatic carbocycles. The van der Waals surface area contributed by atoms with E-state index in [1.807, 2.05) is 40.1 Å². The Morgan fingerprint density at radius 1 is 1.14 bits per heavy atom. The summed E-state index contributed by atoms with van der Waals surface area (Å²) in [6.07, 6.45) is 2.10. The van der Waals surface area contributed by atoms with E-state index in [0.29, 0.717) is 19.0 Å². The van der Waals surface area contributed by atoms with Crippen molar-refractivity contribution in [3.63, 3.8) is 0 Å². The van der Waals surface area contributed by atoms with E-state index in [2.05, 4.69) is 5.32 Å². The molecular weight excluding hydrogens is 278 g/mol. The van der Waals surface area contributed by atoms with Crippen LogP contribution in [-0.4, -0.2) is 47.4 Å². The van der Waals surface area contributed by atoms with Crippen LogP contribution in [0.25, 0.3) is 0 Å². The van der Waals surface area contributed by atoms with Gasteiger partial charge in [-0.2, -0.15) is 0 Å². The van der Waals surface area contributed by atoms with Crippen molar-refractivity contribution in [2.75, 3.05) is 19.6 Å². The van der Waals surface area contributed by atoms with Gasteiger partial charge in [0.1, 0.15) is 0 Å². The zero-order valence-electron chi connectivity index (χ0n) is 13.0. The fraction of sp³-hybridized carbons (Fsp3) is 0.529. The molecule has 0 aromatic heterocycles. The van der Waals surface area contributed by atoms with E-state index in [-0.39, 0.29) is 18.0 Å². The normalized spacial score (nSPS) is 24.0. The van der Waals surface area contributed by atoms with Crippen molar-refractivity contribution in [1.29, 1.82) is 0 Å². The number of hydrogen-bond donors (Lipinski definition) is 1. The highest BCUT2D eigenvalue weighted by atomic mass is 16.2. The van der Waals surface area contributed by atoms with Gasteiger partial charge in [-0.3, -0.25) is 4.79 Å². The molecule has 3 aliphatic heterocycles. The molecule has 2 atom stereocenters. The number of hydrogen-bond acceptors (Lipinski definition) is 2. The third kappa shape index (κ3) is 3.24. The summed E-state index contributed by atoms with van der Waals surface area (Å²) in [5.74, 6) is 0.522. The molecule has 0 aliphatic carbocycles. The number of urea groups is 1. The van der Waals surface area contributed by atoms with Crippen molar-refractivity contribution in [3.8, 4) is 0 Å². The fourth-order valence-corrected chi connectivity index (χ4v) is 3.46. The van der Waals surface area contributed by atoms with Crippen LogP contribution in [0, 0.1) is 5.92 Å². The number of benzene rings is 1. The Morgan fingerprint density at radius 2 is 1.91 bits per heavy atom. The van der Waals surface area contributed by atoms with Gasteiger partial charge >= 0.3 is 6.03 Å². The highest BCUT2D eigenvalue weighted by Crippen LogP contribution is 2.28. The summed E-state index contributed by atoms with van der Waals surface area (Å²) in [6, 6.07) is 10.1. The van der Waals surface area contributed by atoms with E-state index < -0.39 is 0 Å². The van der Waals surface area contributed by atoms with Crippen LogP contribution in [0.3, 0.4) is 0 Å². The highest BCUT2D eigenvalue weighted by molar-refractivity contribution is 5.76. The molecule has 3 aliphatic rings.